The molecule has 0 fully saturated rings. The number of fused-ring (bicyclic) bond motifs is 1. The first-order valence-electron chi connectivity index (χ1n) is 10.2. The summed E-state index contributed by atoms with van der Waals surface area (Å²) in [5.74, 6) is 0.560. The highest BCUT2D eigenvalue weighted by Crippen LogP contribution is 2.31. The minimum absolute atomic E-state index is 0.0650. The molecule has 10 heteroatoms. The number of nitrogens with two attached hydrogens (primary N) is 1. The number of ether oxygens (including phenoxy) is 2. The third-order valence-electron chi connectivity index (χ3n) is 4.50. The fourth-order valence-electron chi connectivity index (χ4n) is 2.69. The van der Waals surface area contributed by atoms with Crippen LogP contribution in [0.1, 0.15) is 36.7 Å². The van der Waals surface area contributed by atoms with E-state index in [2.05, 4.69) is 9.97 Å². The van der Waals surface area contributed by atoms with E-state index in [1.807, 2.05) is 51.1 Å². The monoisotopic (exact) mass is 487 g/mol. The highest BCUT2D eigenvalue weighted by atomic mass is 33.1. The second kappa shape index (κ2) is 10.8. The lowest BCUT2D eigenvalue weighted by Crippen LogP contribution is -2.15. The summed E-state index contributed by atoms with van der Waals surface area (Å²) in [5.41, 5.74) is 8.21. The van der Waals surface area contributed by atoms with E-state index in [1.165, 1.54) is 10.8 Å². The quantitative estimate of drug-likeness (QED) is 0.260. The van der Waals surface area contributed by atoms with Crippen LogP contribution in [0.15, 0.2) is 42.5 Å². The Bertz CT molecular complexity index is 1150. The van der Waals surface area contributed by atoms with E-state index in [-0.39, 0.29) is 18.3 Å². The maximum atomic E-state index is 11.8. The van der Waals surface area contributed by atoms with Crippen LogP contribution in [0.3, 0.4) is 0 Å². The second-order valence-electron chi connectivity index (χ2n) is 8.18. The number of hydrogen-bond acceptors (Lipinski definition) is 8. The molecule has 0 atom stereocenters. The average Bonchev–Trinajstić information content (AvgIpc) is 3.21. The molecule has 3 aromatic rings. The van der Waals surface area contributed by atoms with E-state index in [4.69, 9.17) is 15.2 Å². The predicted molar refractivity (Wildman–Crippen MR) is 131 cm³/mol. The molecule has 0 radical (unpaired) electrons. The van der Waals surface area contributed by atoms with Crippen molar-refractivity contribution in [2.75, 3.05) is 12.4 Å². The summed E-state index contributed by atoms with van der Waals surface area (Å²) in [6.45, 7) is 5.81. The van der Waals surface area contributed by atoms with E-state index >= 15 is 0 Å². The van der Waals surface area contributed by atoms with Crippen molar-refractivity contribution in [3.63, 3.8) is 0 Å². The molecule has 3 N–H and O–H groups in total. The molecule has 0 aliphatic heterocycles. The summed E-state index contributed by atoms with van der Waals surface area (Å²) < 4.78 is 10.2. The van der Waals surface area contributed by atoms with Gasteiger partial charge in [-0.05, 0) is 28.5 Å². The van der Waals surface area contributed by atoms with Gasteiger partial charge in [0.15, 0.2) is 0 Å². The van der Waals surface area contributed by atoms with Gasteiger partial charge in [0.05, 0.1) is 11.1 Å². The zero-order valence-corrected chi connectivity index (χ0v) is 20.2. The lowest BCUT2D eigenvalue weighted by molar-refractivity contribution is -0.117. The molecule has 0 saturated heterocycles. The van der Waals surface area contributed by atoms with Gasteiger partial charge in [-0.1, -0.05) is 61.9 Å². The Morgan fingerprint density at radius 3 is 2.45 bits per heavy atom. The Balaban J connectivity index is 1.47. The van der Waals surface area contributed by atoms with Gasteiger partial charge in [0.1, 0.15) is 24.6 Å². The number of benzene rings is 2. The van der Waals surface area contributed by atoms with E-state index in [0.717, 1.165) is 27.4 Å². The Labute approximate surface area is 199 Å². The average molecular weight is 488 g/mol. The number of para-hydroxylation sites is 1. The van der Waals surface area contributed by atoms with Crippen LogP contribution in [-0.4, -0.2) is 39.5 Å². The third-order valence-corrected chi connectivity index (χ3v) is 7.02. The number of H-pyrrole nitrogens is 1. The highest BCUT2D eigenvalue weighted by Gasteiger charge is 2.21. The number of carbonyl (C=O) groups is 3. The standard InChI is InChI=1S/C23H25N3O5S2/c1-23(2,3)21(28)33-32-12-11-30-22(29)31-13-14-7-9-15(10-8-14)20-25-17-6-4-5-16(19(24)27)18(17)26-20/h4-10H,11-13H2,1-3H3,(H2,24,27)(H,25,26). The SMILES string of the molecule is CC(C)(C)C(=O)SSCCOC(=O)OCc1ccc(-c2nc3c(C(N)=O)cccc3[nH]2)cc1. The lowest BCUT2D eigenvalue weighted by Gasteiger charge is -2.14. The minimum atomic E-state index is -0.761. The van der Waals surface area contributed by atoms with Gasteiger partial charge in [-0.3, -0.25) is 9.59 Å². The lowest BCUT2D eigenvalue weighted by atomic mass is 10.00. The number of nitrogens with one attached hydrogen (secondary N) is 1. The molecule has 174 valence electrons. The van der Waals surface area contributed by atoms with Crippen LogP contribution in [0, 0.1) is 5.41 Å². The first-order chi connectivity index (χ1) is 15.6. The number of rotatable bonds is 8. The summed E-state index contributed by atoms with van der Waals surface area (Å²) in [7, 11) is 2.51. The van der Waals surface area contributed by atoms with Crippen molar-refractivity contribution >= 4 is 49.8 Å². The maximum absolute atomic E-state index is 11.8. The van der Waals surface area contributed by atoms with E-state index in [9.17, 15) is 14.4 Å². The maximum Gasteiger partial charge on any atom is 0.508 e. The van der Waals surface area contributed by atoms with Gasteiger partial charge < -0.3 is 20.2 Å². The van der Waals surface area contributed by atoms with Gasteiger partial charge in [0.25, 0.3) is 5.91 Å². The summed E-state index contributed by atoms with van der Waals surface area (Å²) in [5, 5.41) is 0.0782. The molecule has 0 unspecified atom stereocenters. The highest BCUT2D eigenvalue weighted by molar-refractivity contribution is 8.82. The fourth-order valence-corrected chi connectivity index (χ4v) is 4.81. The molecule has 2 aromatic carbocycles. The second-order valence-corrected chi connectivity index (χ2v) is 10.6. The molecular weight excluding hydrogens is 462 g/mol. The summed E-state index contributed by atoms with van der Waals surface area (Å²) in [6, 6.07) is 12.5. The Hall–Kier alpha value is -2.98. The van der Waals surface area contributed by atoms with E-state index in [1.54, 1.807) is 12.1 Å². The molecule has 0 saturated carbocycles. The molecule has 0 bridgehead atoms. The molecular formula is C23H25N3O5S2. The molecule has 0 aliphatic carbocycles. The number of imidazole rings is 1. The van der Waals surface area contributed by atoms with Crippen molar-refractivity contribution in [3.05, 3.63) is 53.6 Å². The Morgan fingerprint density at radius 1 is 1.06 bits per heavy atom. The van der Waals surface area contributed by atoms with Gasteiger partial charge in [-0.15, -0.1) is 0 Å². The van der Waals surface area contributed by atoms with Crippen LogP contribution in [0.5, 0.6) is 0 Å². The van der Waals surface area contributed by atoms with Gasteiger partial charge in [0, 0.05) is 16.7 Å². The van der Waals surface area contributed by atoms with Gasteiger partial charge in [0.2, 0.25) is 5.12 Å². The molecule has 3 rings (SSSR count). The van der Waals surface area contributed by atoms with E-state index < -0.39 is 17.5 Å². The number of primary amides is 1. The number of aromatic nitrogens is 2. The summed E-state index contributed by atoms with van der Waals surface area (Å²) >= 11 is 0. The smallest absolute Gasteiger partial charge is 0.433 e. The van der Waals surface area contributed by atoms with Crippen LogP contribution in [-0.2, 0) is 20.9 Å². The molecule has 0 aliphatic rings. The molecule has 1 aromatic heterocycles. The third kappa shape index (κ3) is 6.75. The van der Waals surface area contributed by atoms with Crippen molar-refractivity contribution in [2.45, 2.75) is 27.4 Å². The summed E-state index contributed by atoms with van der Waals surface area (Å²) in [4.78, 5) is 42.8. The Morgan fingerprint density at radius 2 is 1.79 bits per heavy atom. The number of hydrogen-bond donors (Lipinski definition) is 2. The van der Waals surface area contributed by atoms with Crippen LogP contribution in [0.25, 0.3) is 22.4 Å². The van der Waals surface area contributed by atoms with Crippen molar-refractivity contribution in [2.24, 2.45) is 11.1 Å². The molecule has 1 heterocycles. The number of carbonyl (C=O) groups excluding carboxylic acids is 3. The first kappa shape index (κ1) is 24.7. The molecule has 1 amide bonds. The van der Waals surface area contributed by atoms with Crippen LogP contribution < -0.4 is 5.73 Å². The van der Waals surface area contributed by atoms with E-state index in [0.29, 0.717) is 22.7 Å². The largest absolute Gasteiger partial charge is 0.508 e. The molecule has 8 nitrogen and oxygen atoms in total. The topological polar surface area (TPSA) is 124 Å². The molecule has 0 spiro atoms. The Kier molecular flexibility index (Phi) is 8.04. The van der Waals surface area contributed by atoms with Crippen LogP contribution in [0.2, 0.25) is 0 Å². The van der Waals surface area contributed by atoms with Crippen molar-refractivity contribution in [1.82, 2.24) is 9.97 Å². The zero-order chi connectivity index (χ0) is 24.0. The van der Waals surface area contributed by atoms with Crippen molar-refractivity contribution in [1.29, 1.82) is 0 Å². The van der Waals surface area contributed by atoms with Crippen LogP contribution in [0.4, 0.5) is 4.79 Å². The number of nitrogens with zero attached hydrogens (tertiary/aromatic N) is 1. The number of amides is 1. The first-order valence-corrected chi connectivity index (χ1v) is 12.5. The van der Waals surface area contributed by atoms with Gasteiger partial charge >= 0.3 is 6.16 Å². The van der Waals surface area contributed by atoms with Gasteiger partial charge in [-0.2, -0.15) is 0 Å². The van der Waals surface area contributed by atoms with Crippen molar-refractivity contribution < 1.29 is 23.9 Å². The predicted octanol–water partition coefficient (Wildman–Crippen LogP) is 4.94. The van der Waals surface area contributed by atoms with Crippen molar-refractivity contribution in [3.8, 4) is 11.4 Å². The minimum Gasteiger partial charge on any atom is -0.433 e. The summed E-state index contributed by atoms with van der Waals surface area (Å²) in [6.07, 6.45) is -0.761. The normalized spacial score (nSPS) is 11.4. The number of aromatic amines is 1. The fraction of sp³-hybridized carbons (Fsp3) is 0.304. The van der Waals surface area contributed by atoms with Gasteiger partial charge in [-0.25, -0.2) is 9.78 Å². The van der Waals surface area contributed by atoms with Crippen LogP contribution >= 0.6 is 21.6 Å². The zero-order valence-electron chi connectivity index (χ0n) is 18.5. The molecule has 33 heavy (non-hydrogen) atoms.